The fraction of sp³-hybridized carbons (Fsp3) is 0.273. The average molecular weight is 390 g/mol. The molecule has 0 fully saturated rings. The first-order chi connectivity index (χ1) is 13.8. The first-order valence-electron chi connectivity index (χ1n) is 9.12. The van der Waals surface area contributed by atoms with Crippen LogP contribution in [0.15, 0.2) is 28.7 Å². The lowest BCUT2D eigenvalue weighted by atomic mass is 10.0. The number of nitriles is 1. The van der Waals surface area contributed by atoms with Crippen molar-refractivity contribution in [1.29, 1.82) is 5.26 Å². The van der Waals surface area contributed by atoms with E-state index < -0.39 is 5.97 Å². The molecule has 0 aliphatic carbocycles. The maximum atomic E-state index is 12.0. The van der Waals surface area contributed by atoms with Crippen molar-refractivity contribution in [1.82, 2.24) is 9.97 Å². The third-order valence-corrected chi connectivity index (χ3v) is 4.64. The van der Waals surface area contributed by atoms with Crippen molar-refractivity contribution in [3.8, 4) is 6.07 Å². The maximum Gasteiger partial charge on any atom is 0.342 e. The van der Waals surface area contributed by atoms with E-state index >= 15 is 0 Å². The molecule has 3 aromatic rings. The average Bonchev–Trinajstić information content (AvgIpc) is 3.00. The number of nitrogens with zero attached hydrogens (tertiary/aromatic N) is 3. The number of rotatable bonds is 5. The van der Waals surface area contributed by atoms with Gasteiger partial charge in [0.2, 0.25) is 5.88 Å². The molecule has 29 heavy (non-hydrogen) atoms. The number of carbonyl (C=O) groups excluding carboxylic acids is 1. The molecular weight excluding hydrogens is 368 g/mol. The smallest absolute Gasteiger partial charge is 0.342 e. The number of furan rings is 1. The fourth-order valence-electron chi connectivity index (χ4n) is 3.16. The van der Waals surface area contributed by atoms with E-state index in [1.807, 2.05) is 19.9 Å². The number of benzene rings is 1. The predicted molar refractivity (Wildman–Crippen MR) is 108 cm³/mol. The third kappa shape index (κ3) is 4.11. The van der Waals surface area contributed by atoms with Gasteiger partial charge in [-0.25, -0.2) is 14.8 Å². The molecular formula is C22H22N4O3. The molecule has 2 heterocycles. The Bertz CT molecular complexity index is 1110. The minimum atomic E-state index is -0.620. The van der Waals surface area contributed by atoms with E-state index in [0.717, 1.165) is 16.8 Å². The molecule has 0 saturated carbocycles. The summed E-state index contributed by atoms with van der Waals surface area (Å²) in [7, 11) is 1.26. The molecule has 7 nitrogen and oxygen atoms in total. The van der Waals surface area contributed by atoms with Gasteiger partial charge < -0.3 is 14.5 Å². The highest BCUT2D eigenvalue weighted by molar-refractivity contribution is 5.95. The first-order valence-corrected chi connectivity index (χ1v) is 9.12. The van der Waals surface area contributed by atoms with Gasteiger partial charge in [0, 0.05) is 17.7 Å². The molecule has 1 N–H and O–H groups in total. The van der Waals surface area contributed by atoms with Gasteiger partial charge in [-0.2, -0.15) is 5.26 Å². The summed E-state index contributed by atoms with van der Waals surface area (Å²) in [6, 6.07) is 10.3. The minimum absolute atomic E-state index is 0.0876. The summed E-state index contributed by atoms with van der Waals surface area (Å²) in [6.45, 7) is 7.37. The Kier molecular flexibility index (Phi) is 5.64. The van der Waals surface area contributed by atoms with Crippen molar-refractivity contribution in [2.75, 3.05) is 12.4 Å². The zero-order chi connectivity index (χ0) is 21.1. The number of carbonyl (C=O) groups is 1. The largest absolute Gasteiger partial charge is 0.465 e. The normalized spacial score (nSPS) is 10.5. The van der Waals surface area contributed by atoms with Crippen LogP contribution in [0.1, 0.15) is 49.9 Å². The van der Waals surface area contributed by atoms with E-state index in [9.17, 15) is 10.1 Å². The number of methoxy groups -OCH3 is 1. The van der Waals surface area contributed by atoms with Gasteiger partial charge in [0.05, 0.1) is 7.11 Å². The molecule has 148 valence electrons. The van der Waals surface area contributed by atoms with E-state index in [0.29, 0.717) is 23.8 Å². The maximum absolute atomic E-state index is 12.0. The Labute approximate surface area is 169 Å². The van der Waals surface area contributed by atoms with Gasteiger partial charge in [0.1, 0.15) is 34.6 Å². The molecule has 0 aliphatic heterocycles. The van der Waals surface area contributed by atoms with Crippen molar-refractivity contribution in [3.05, 3.63) is 69.4 Å². The van der Waals surface area contributed by atoms with Crippen LogP contribution in [0.3, 0.4) is 0 Å². The summed E-state index contributed by atoms with van der Waals surface area (Å²) < 4.78 is 10.4. The quantitative estimate of drug-likeness (QED) is 0.648. The first kappa shape index (κ1) is 20.1. The third-order valence-electron chi connectivity index (χ3n) is 4.64. The number of ether oxygens (including phenoxy) is 1. The summed E-state index contributed by atoms with van der Waals surface area (Å²) in [5.74, 6) is 0.974. The molecule has 0 spiro atoms. The number of hydrogen-bond donors (Lipinski definition) is 1. The van der Waals surface area contributed by atoms with Crippen LogP contribution in [0.2, 0.25) is 0 Å². The summed E-state index contributed by atoms with van der Waals surface area (Å²) in [5.41, 5.74) is 4.21. The Hall–Kier alpha value is -3.66. The number of esters is 1. The summed E-state index contributed by atoms with van der Waals surface area (Å²) >= 11 is 0. The standard InChI is InChI=1S/C22H22N4O3/c1-12-6-8-16(9-7-12)10-17-13(2)24-15(4)25-20(17)26-21-18(11-23)19(14(3)29-21)22(27)28-5/h6-9H,10H2,1-5H3,(H,24,25,26). The summed E-state index contributed by atoms with van der Waals surface area (Å²) in [4.78, 5) is 21.0. The Morgan fingerprint density at radius 3 is 2.48 bits per heavy atom. The second-order valence-corrected chi connectivity index (χ2v) is 6.81. The fourth-order valence-corrected chi connectivity index (χ4v) is 3.16. The number of aromatic nitrogens is 2. The Balaban J connectivity index is 2.05. The van der Waals surface area contributed by atoms with Crippen molar-refractivity contribution >= 4 is 17.7 Å². The molecule has 0 aliphatic rings. The van der Waals surface area contributed by atoms with Crippen LogP contribution in [0.4, 0.5) is 11.7 Å². The lowest BCUT2D eigenvalue weighted by molar-refractivity contribution is 0.0598. The van der Waals surface area contributed by atoms with Gasteiger partial charge in [-0.05, 0) is 33.3 Å². The lowest BCUT2D eigenvalue weighted by Crippen LogP contribution is -2.07. The van der Waals surface area contributed by atoms with Crippen LogP contribution in [0.25, 0.3) is 0 Å². The zero-order valence-corrected chi connectivity index (χ0v) is 17.1. The van der Waals surface area contributed by atoms with E-state index in [4.69, 9.17) is 9.15 Å². The molecule has 0 amide bonds. The molecule has 7 heteroatoms. The Morgan fingerprint density at radius 2 is 1.86 bits per heavy atom. The van der Waals surface area contributed by atoms with Crippen molar-refractivity contribution in [2.24, 2.45) is 0 Å². The minimum Gasteiger partial charge on any atom is -0.465 e. The Morgan fingerprint density at radius 1 is 1.17 bits per heavy atom. The van der Waals surface area contributed by atoms with E-state index in [2.05, 4.69) is 39.6 Å². The molecule has 0 unspecified atom stereocenters. The summed E-state index contributed by atoms with van der Waals surface area (Å²) in [6.07, 6.45) is 0.611. The highest BCUT2D eigenvalue weighted by Crippen LogP contribution is 2.31. The van der Waals surface area contributed by atoms with Crippen LogP contribution in [0.5, 0.6) is 0 Å². The number of aryl methyl sites for hydroxylation is 4. The highest BCUT2D eigenvalue weighted by atomic mass is 16.5. The number of anilines is 2. The number of hydrogen-bond acceptors (Lipinski definition) is 7. The molecule has 2 aromatic heterocycles. The van der Waals surface area contributed by atoms with Crippen molar-refractivity contribution in [3.63, 3.8) is 0 Å². The van der Waals surface area contributed by atoms with Gasteiger partial charge in [0.15, 0.2) is 0 Å². The van der Waals surface area contributed by atoms with E-state index in [-0.39, 0.29) is 17.0 Å². The molecule has 1 aromatic carbocycles. The van der Waals surface area contributed by atoms with Gasteiger partial charge in [-0.15, -0.1) is 0 Å². The van der Waals surface area contributed by atoms with Crippen molar-refractivity contribution < 1.29 is 13.9 Å². The summed E-state index contributed by atoms with van der Waals surface area (Å²) in [5, 5.41) is 12.7. The molecule has 0 saturated heterocycles. The van der Waals surface area contributed by atoms with Crippen LogP contribution in [-0.4, -0.2) is 23.0 Å². The monoisotopic (exact) mass is 390 g/mol. The SMILES string of the molecule is COC(=O)c1c(C)oc(Nc2nc(C)nc(C)c2Cc2ccc(C)cc2)c1C#N. The predicted octanol–water partition coefficient (Wildman–Crippen LogP) is 4.30. The van der Waals surface area contributed by atoms with E-state index in [1.54, 1.807) is 13.8 Å². The van der Waals surface area contributed by atoms with E-state index in [1.165, 1.54) is 12.7 Å². The second kappa shape index (κ2) is 8.15. The van der Waals surface area contributed by atoms with Gasteiger partial charge in [-0.1, -0.05) is 29.8 Å². The van der Waals surface area contributed by atoms with Crippen molar-refractivity contribution in [2.45, 2.75) is 34.1 Å². The highest BCUT2D eigenvalue weighted by Gasteiger charge is 2.25. The zero-order valence-electron chi connectivity index (χ0n) is 17.1. The molecule has 0 atom stereocenters. The molecule has 0 radical (unpaired) electrons. The van der Waals surface area contributed by atoms with Gasteiger partial charge in [0.25, 0.3) is 0 Å². The second-order valence-electron chi connectivity index (χ2n) is 6.81. The van der Waals surface area contributed by atoms with Crippen LogP contribution >= 0.6 is 0 Å². The van der Waals surface area contributed by atoms with Gasteiger partial charge >= 0.3 is 5.97 Å². The van der Waals surface area contributed by atoms with Gasteiger partial charge in [-0.3, -0.25) is 0 Å². The number of nitrogens with one attached hydrogen (secondary N) is 1. The lowest BCUT2D eigenvalue weighted by Gasteiger charge is -2.13. The van der Waals surface area contributed by atoms with Crippen LogP contribution in [0, 0.1) is 39.0 Å². The molecule has 3 rings (SSSR count). The van der Waals surface area contributed by atoms with Crippen LogP contribution in [-0.2, 0) is 11.2 Å². The van der Waals surface area contributed by atoms with Crippen LogP contribution < -0.4 is 5.32 Å². The topological polar surface area (TPSA) is 101 Å². The molecule has 0 bridgehead atoms.